The lowest BCUT2D eigenvalue weighted by Crippen LogP contribution is -2.57. The van der Waals surface area contributed by atoms with Crippen LogP contribution in [0.25, 0.3) is 0 Å². The van der Waals surface area contributed by atoms with Gasteiger partial charge in [-0.15, -0.1) is 0 Å². The summed E-state index contributed by atoms with van der Waals surface area (Å²) in [5.41, 5.74) is 16.0. The molecule has 0 bridgehead atoms. The Morgan fingerprint density at radius 2 is 1.81 bits per heavy atom. The van der Waals surface area contributed by atoms with Gasteiger partial charge in [-0.25, -0.2) is 4.79 Å². The number of aliphatic carboxylic acids is 1. The van der Waals surface area contributed by atoms with Crippen molar-refractivity contribution in [1.29, 1.82) is 0 Å². The van der Waals surface area contributed by atoms with Gasteiger partial charge in [0.2, 0.25) is 23.6 Å². The second-order valence-corrected chi connectivity index (χ2v) is 7.76. The average Bonchev–Trinajstić information content (AvgIpc) is 3.19. The summed E-state index contributed by atoms with van der Waals surface area (Å²) in [4.78, 5) is 61.4. The largest absolute Gasteiger partial charge is 0.480 e. The highest BCUT2D eigenvalue weighted by atomic mass is 32.1. The molecule has 4 amide bonds. The van der Waals surface area contributed by atoms with Crippen LogP contribution in [0, 0.1) is 0 Å². The summed E-state index contributed by atoms with van der Waals surface area (Å²) in [6.45, 7) is 0.695. The quantitative estimate of drug-likeness (QED) is 0.113. The number of nitrogens with zero attached hydrogens (tertiary/aromatic N) is 1. The molecule has 1 aliphatic rings. The fourth-order valence-corrected chi connectivity index (χ4v) is 3.54. The molecule has 1 rings (SSSR count). The van der Waals surface area contributed by atoms with E-state index < -0.39 is 53.8 Å². The summed E-state index contributed by atoms with van der Waals surface area (Å²) >= 11 is 4.09. The van der Waals surface area contributed by atoms with Crippen molar-refractivity contribution < 1.29 is 29.1 Å². The van der Waals surface area contributed by atoms with Gasteiger partial charge in [0.05, 0.1) is 12.5 Å². The van der Waals surface area contributed by atoms with Gasteiger partial charge in [0, 0.05) is 12.3 Å². The van der Waals surface area contributed by atoms with Crippen LogP contribution in [0.5, 0.6) is 0 Å². The second-order valence-electron chi connectivity index (χ2n) is 7.39. The first-order valence-corrected chi connectivity index (χ1v) is 10.7. The predicted molar refractivity (Wildman–Crippen MR) is 115 cm³/mol. The van der Waals surface area contributed by atoms with Crippen LogP contribution in [-0.2, 0) is 24.0 Å². The van der Waals surface area contributed by atoms with E-state index in [1.54, 1.807) is 0 Å². The van der Waals surface area contributed by atoms with Gasteiger partial charge in [-0.1, -0.05) is 0 Å². The number of hydrogen-bond donors (Lipinski definition) is 7. The van der Waals surface area contributed by atoms with Crippen molar-refractivity contribution in [3.05, 3.63) is 0 Å². The van der Waals surface area contributed by atoms with E-state index in [0.717, 1.165) is 0 Å². The smallest absolute Gasteiger partial charge is 0.326 e. The topological polar surface area (TPSA) is 211 Å². The Hall–Kier alpha value is -2.38. The Balaban J connectivity index is 2.79. The molecule has 12 nitrogen and oxygen atoms in total. The molecule has 0 unspecified atom stereocenters. The number of hydrogen-bond acceptors (Lipinski definition) is 8. The van der Waals surface area contributed by atoms with Crippen LogP contribution in [0.3, 0.4) is 0 Å². The van der Waals surface area contributed by atoms with E-state index in [1.165, 1.54) is 4.90 Å². The van der Waals surface area contributed by atoms with E-state index in [-0.39, 0.29) is 25.1 Å². The lowest BCUT2D eigenvalue weighted by molar-refractivity contribution is -0.144. The highest BCUT2D eigenvalue weighted by Gasteiger charge is 2.38. The van der Waals surface area contributed by atoms with Crippen LogP contribution >= 0.6 is 12.6 Å². The molecule has 0 spiro atoms. The fraction of sp³-hybridized carbons (Fsp3) is 0.722. The van der Waals surface area contributed by atoms with Gasteiger partial charge in [-0.2, -0.15) is 12.6 Å². The number of carboxylic acids is 1. The number of unbranched alkanes of at least 4 members (excludes halogenated alkanes) is 1. The molecule has 13 heteroatoms. The number of carboxylic acid groups (broad SMARTS) is 1. The minimum Gasteiger partial charge on any atom is -0.480 e. The Bertz CT molecular complexity index is 678. The molecule has 4 atom stereocenters. The molecule has 176 valence electrons. The monoisotopic (exact) mass is 460 g/mol. The maximum absolute atomic E-state index is 12.9. The molecule has 0 saturated carbocycles. The molecule has 0 aromatic rings. The summed E-state index contributed by atoms with van der Waals surface area (Å²) in [6, 6.07) is -4.22. The van der Waals surface area contributed by atoms with Gasteiger partial charge in [0.15, 0.2) is 0 Å². The van der Waals surface area contributed by atoms with Gasteiger partial charge < -0.3 is 37.8 Å². The van der Waals surface area contributed by atoms with Gasteiger partial charge in [0.1, 0.15) is 18.1 Å². The third-order valence-electron chi connectivity index (χ3n) is 4.96. The number of amides is 4. The maximum Gasteiger partial charge on any atom is 0.326 e. The van der Waals surface area contributed by atoms with E-state index in [9.17, 15) is 29.1 Å². The number of likely N-dealkylation sites (tertiary alicyclic amines) is 1. The second kappa shape index (κ2) is 13.1. The molecule has 9 N–H and O–H groups in total. The van der Waals surface area contributed by atoms with Crippen LogP contribution < -0.4 is 27.8 Å². The predicted octanol–water partition coefficient (Wildman–Crippen LogP) is -2.71. The number of nitrogens with two attached hydrogens (primary N) is 3. The molecule has 0 radical (unpaired) electrons. The van der Waals surface area contributed by atoms with Crippen molar-refractivity contribution in [2.75, 3.05) is 18.8 Å². The SMILES string of the molecule is NCCCC[C@H](NC(=O)[C@@H]1CCCN1C(=O)[C@H](CS)NC(=O)[C@@H](N)CC(N)=O)C(=O)O. The number of rotatable bonds is 13. The van der Waals surface area contributed by atoms with Crippen LogP contribution in [0.4, 0.5) is 0 Å². The molecule has 0 aliphatic carbocycles. The number of nitrogens with one attached hydrogen (secondary N) is 2. The van der Waals surface area contributed by atoms with Crippen molar-refractivity contribution in [3.8, 4) is 0 Å². The molecule has 1 saturated heterocycles. The molecule has 0 aromatic heterocycles. The Morgan fingerprint density at radius 3 is 2.35 bits per heavy atom. The average molecular weight is 461 g/mol. The normalized spacial score (nSPS) is 18.7. The highest BCUT2D eigenvalue weighted by molar-refractivity contribution is 7.80. The van der Waals surface area contributed by atoms with Crippen molar-refractivity contribution in [3.63, 3.8) is 0 Å². The van der Waals surface area contributed by atoms with Crippen molar-refractivity contribution in [1.82, 2.24) is 15.5 Å². The molecule has 1 heterocycles. The number of carbonyl (C=O) groups excluding carboxylic acids is 4. The molecule has 1 fully saturated rings. The molecule has 0 aromatic carbocycles. The highest BCUT2D eigenvalue weighted by Crippen LogP contribution is 2.19. The Labute approximate surface area is 186 Å². The molecule has 1 aliphatic heterocycles. The number of thiol groups is 1. The van der Waals surface area contributed by atoms with E-state index >= 15 is 0 Å². The van der Waals surface area contributed by atoms with Crippen LogP contribution in [0.15, 0.2) is 0 Å². The summed E-state index contributed by atoms with van der Waals surface area (Å²) in [6.07, 6.45) is 1.93. The summed E-state index contributed by atoms with van der Waals surface area (Å²) in [7, 11) is 0. The van der Waals surface area contributed by atoms with Gasteiger partial charge in [-0.3, -0.25) is 19.2 Å². The molecular weight excluding hydrogens is 428 g/mol. The summed E-state index contributed by atoms with van der Waals surface area (Å²) in [5, 5.41) is 14.3. The Kier molecular flexibility index (Phi) is 11.3. The maximum atomic E-state index is 12.9. The number of primary amides is 1. The fourth-order valence-electron chi connectivity index (χ4n) is 3.30. The van der Waals surface area contributed by atoms with Crippen LogP contribution in [-0.4, -0.2) is 82.6 Å². The first-order valence-electron chi connectivity index (χ1n) is 10.1. The van der Waals surface area contributed by atoms with Gasteiger partial charge >= 0.3 is 5.97 Å². The van der Waals surface area contributed by atoms with Crippen molar-refractivity contribution >= 4 is 42.2 Å². The van der Waals surface area contributed by atoms with Gasteiger partial charge in [0.25, 0.3) is 0 Å². The lowest BCUT2D eigenvalue weighted by Gasteiger charge is -2.29. The zero-order valence-corrected chi connectivity index (χ0v) is 18.2. The van der Waals surface area contributed by atoms with Crippen molar-refractivity contribution in [2.45, 2.75) is 62.7 Å². The Morgan fingerprint density at radius 1 is 1.13 bits per heavy atom. The first-order chi connectivity index (χ1) is 14.6. The van der Waals surface area contributed by atoms with Crippen molar-refractivity contribution in [2.24, 2.45) is 17.2 Å². The first kappa shape index (κ1) is 26.7. The standard InChI is InChI=1S/C18H32N6O6S/c19-6-2-1-4-11(18(29)30)22-16(27)13-5-3-7-24(13)17(28)12(9-31)23-15(26)10(20)8-14(21)25/h10-13,31H,1-9,19-20H2,(H2,21,25)(H,22,27)(H,23,26)(H,29,30)/t10-,11-,12-,13-/m0/s1. The number of carbonyl (C=O) groups is 5. The van der Waals surface area contributed by atoms with E-state index in [0.29, 0.717) is 32.2 Å². The van der Waals surface area contributed by atoms with E-state index in [4.69, 9.17) is 17.2 Å². The summed E-state index contributed by atoms with van der Waals surface area (Å²) < 4.78 is 0. The third-order valence-corrected chi connectivity index (χ3v) is 5.32. The minimum atomic E-state index is -1.21. The third kappa shape index (κ3) is 8.34. The lowest BCUT2D eigenvalue weighted by atomic mass is 10.1. The molecule has 31 heavy (non-hydrogen) atoms. The van der Waals surface area contributed by atoms with E-state index in [2.05, 4.69) is 23.3 Å². The minimum absolute atomic E-state index is 0.0600. The zero-order valence-electron chi connectivity index (χ0n) is 17.3. The molecular formula is C18H32N6O6S. The van der Waals surface area contributed by atoms with E-state index in [1.807, 2.05) is 0 Å². The zero-order chi connectivity index (χ0) is 23.6. The summed E-state index contributed by atoms with van der Waals surface area (Å²) in [5.74, 6) is -3.83. The van der Waals surface area contributed by atoms with Gasteiger partial charge in [-0.05, 0) is 38.6 Å². The van der Waals surface area contributed by atoms with Crippen LogP contribution in [0.1, 0.15) is 38.5 Å². The van der Waals surface area contributed by atoms with Crippen LogP contribution in [0.2, 0.25) is 0 Å².